The first-order valence-corrected chi connectivity index (χ1v) is 8.63. The summed E-state index contributed by atoms with van der Waals surface area (Å²) in [4.78, 5) is 2.72. The molecule has 2 heteroatoms. The molecular weight excluding hydrogens is 256 g/mol. The summed E-state index contributed by atoms with van der Waals surface area (Å²) in [5, 5.41) is 3.73. The van der Waals surface area contributed by atoms with E-state index in [0.29, 0.717) is 18.1 Å². The van der Waals surface area contributed by atoms with E-state index in [0.717, 1.165) is 18.9 Å². The first kappa shape index (κ1) is 16.5. The molecule has 0 bridgehead atoms. The zero-order valence-electron chi connectivity index (χ0n) is 14.2. The number of hydrogen-bond acceptors (Lipinski definition) is 2. The zero-order valence-corrected chi connectivity index (χ0v) is 14.2. The summed E-state index contributed by atoms with van der Waals surface area (Å²) in [5.41, 5.74) is 1.44. The average Bonchev–Trinajstić information content (AvgIpc) is 2.50. The van der Waals surface area contributed by atoms with E-state index in [4.69, 9.17) is 0 Å². The van der Waals surface area contributed by atoms with Gasteiger partial charge in [-0.3, -0.25) is 4.90 Å². The first-order valence-electron chi connectivity index (χ1n) is 8.63. The van der Waals surface area contributed by atoms with E-state index in [-0.39, 0.29) is 0 Å². The van der Waals surface area contributed by atoms with E-state index in [1.54, 1.807) is 0 Å². The Kier molecular flexibility index (Phi) is 6.25. The van der Waals surface area contributed by atoms with Crippen molar-refractivity contribution in [2.75, 3.05) is 13.1 Å². The quantitative estimate of drug-likeness (QED) is 0.858. The Labute approximate surface area is 130 Å². The Balaban J connectivity index is 1.92. The summed E-state index contributed by atoms with van der Waals surface area (Å²) in [7, 11) is 0. The lowest BCUT2D eigenvalue weighted by atomic mass is 9.95. The first-order chi connectivity index (χ1) is 10.1. The molecule has 1 aliphatic rings. The Morgan fingerprint density at radius 3 is 2.62 bits per heavy atom. The van der Waals surface area contributed by atoms with Crippen molar-refractivity contribution in [3.8, 4) is 0 Å². The van der Waals surface area contributed by atoms with Gasteiger partial charge in [0.05, 0.1) is 0 Å². The number of rotatable bonds is 6. The van der Waals surface area contributed by atoms with Gasteiger partial charge in [-0.15, -0.1) is 0 Å². The van der Waals surface area contributed by atoms with Crippen molar-refractivity contribution in [3.63, 3.8) is 0 Å². The van der Waals surface area contributed by atoms with Crippen molar-refractivity contribution in [2.24, 2.45) is 5.92 Å². The van der Waals surface area contributed by atoms with E-state index in [1.807, 2.05) is 0 Å². The van der Waals surface area contributed by atoms with Gasteiger partial charge in [-0.2, -0.15) is 0 Å². The van der Waals surface area contributed by atoms with Crippen LogP contribution in [0, 0.1) is 5.92 Å². The van der Waals surface area contributed by atoms with Crippen LogP contribution in [0.1, 0.15) is 46.1 Å². The molecule has 1 aromatic carbocycles. The molecule has 2 rings (SSSR count). The van der Waals surface area contributed by atoms with Crippen LogP contribution >= 0.6 is 0 Å². The highest BCUT2D eigenvalue weighted by atomic mass is 15.2. The molecule has 1 fully saturated rings. The van der Waals surface area contributed by atoms with Crippen LogP contribution in [-0.2, 0) is 6.42 Å². The Hall–Kier alpha value is -0.860. The minimum absolute atomic E-state index is 0.586. The molecule has 0 amide bonds. The van der Waals surface area contributed by atoms with E-state index in [9.17, 15) is 0 Å². The van der Waals surface area contributed by atoms with Gasteiger partial charge in [0, 0.05) is 31.2 Å². The van der Waals surface area contributed by atoms with Gasteiger partial charge in [0.2, 0.25) is 0 Å². The van der Waals surface area contributed by atoms with Crippen LogP contribution < -0.4 is 5.32 Å². The zero-order chi connectivity index (χ0) is 15.2. The fraction of sp³-hybridized carbons (Fsp3) is 0.684. The van der Waals surface area contributed by atoms with E-state index < -0.39 is 0 Å². The molecule has 1 heterocycles. The van der Waals surface area contributed by atoms with Crippen molar-refractivity contribution >= 4 is 0 Å². The lowest BCUT2D eigenvalue weighted by molar-refractivity contribution is 0.0862. The third-order valence-corrected chi connectivity index (χ3v) is 5.03. The largest absolute Gasteiger partial charge is 0.311 e. The predicted molar refractivity (Wildman–Crippen MR) is 91.6 cm³/mol. The molecule has 21 heavy (non-hydrogen) atoms. The van der Waals surface area contributed by atoms with Crippen LogP contribution in [0.4, 0.5) is 0 Å². The fourth-order valence-corrected chi connectivity index (χ4v) is 3.49. The van der Waals surface area contributed by atoms with Crippen LogP contribution in [-0.4, -0.2) is 36.1 Å². The molecule has 2 nitrogen and oxygen atoms in total. The highest BCUT2D eigenvalue weighted by molar-refractivity contribution is 5.16. The van der Waals surface area contributed by atoms with Gasteiger partial charge in [0.1, 0.15) is 0 Å². The molecule has 1 aromatic rings. The molecule has 0 aromatic heterocycles. The maximum atomic E-state index is 3.73. The predicted octanol–water partition coefficient (Wildman–Crippen LogP) is 3.72. The Bertz CT molecular complexity index is 403. The summed E-state index contributed by atoms with van der Waals surface area (Å²) in [6.07, 6.45) is 3.75. The van der Waals surface area contributed by atoms with Crippen LogP contribution in [0.5, 0.6) is 0 Å². The van der Waals surface area contributed by atoms with E-state index in [1.165, 1.54) is 24.9 Å². The SMILES string of the molecule is CCC(C)CC(C)N1CC(Cc2ccccc2)NCC1C. The number of nitrogens with one attached hydrogen (secondary N) is 1. The average molecular weight is 288 g/mol. The summed E-state index contributed by atoms with van der Waals surface area (Å²) in [6, 6.07) is 12.8. The minimum Gasteiger partial charge on any atom is -0.311 e. The molecule has 1 N–H and O–H groups in total. The minimum atomic E-state index is 0.586. The summed E-state index contributed by atoms with van der Waals surface area (Å²) < 4.78 is 0. The monoisotopic (exact) mass is 288 g/mol. The maximum absolute atomic E-state index is 3.73. The summed E-state index contributed by atoms with van der Waals surface area (Å²) in [6.45, 7) is 11.7. The van der Waals surface area contributed by atoms with Crippen LogP contribution in [0.25, 0.3) is 0 Å². The highest BCUT2D eigenvalue weighted by Crippen LogP contribution is 2.20. The van der Waals surface area contributed by atoms with E-state index in [2.05, 4.69) is 68.2 Å². The topological polar surface area (TPSA) is 15.3 Å². The van der Waals surface area contributed by atoms with Gasteiger partial charge in [0.15, 0.2) is 0 Å². The highest BCUT2D eigenvalue weighted by Gasteiger charge is 2.28. The van der Waals surface area contributed by atoms with Crippen molar-refractivity contribution in [1.82, 2.24) is 10.2 Å². The fourth-order valence-electron chi connectivity index (χ4n) is 3.49. The van der Waals surface area contributed by atoms with Gasteiger partial charge in [-0.05, 0) is 38.2 Å². The number of benzene rings is 1. The molecular formula is C19H32N2. The second kappa shape index (κ2) is 7.95. The maximum Gasteiger partial charge on any atom is 0.0236 e. The van der Waals surface area contributed by atoms with Crippen molar-refractivity contribution in [2.45, 2.75) is 65.1 Å². The van der Waals surface area contributed by atoms with Gasteiger partial charge in [-0.25, -0.2) is 0 Å². The van der Waals surface area contributed by atoms with Gasteiger partial charge in [-0.1, -0.05) is 50.6 Å². The second-order valence-corrected chi connectivity index (χ2v) is 6.94. The lowest BCUT2D eigenvalue weighted by Gasteiger charge is -2.43. The smallest absolute Gasteiger partial charge is 0.0236 e. The molecule has 1 saturated heterocycles. The Morgan fingerprint density at radius 1 is 1.24 bits per heavy atom. The van der Waals surface area contributed by atoms with Crippen LogP contribution in [0.2, 0.25) is 0 Å². The van der Waals surface area contributed by atoms with Crippen molar-refractivity contribution in [3.05, 3.63) is 35.9 Å². The molecule has 4 atom stereocenters. The molecule has 4 unspecified atom stereocenters. The molecule has 0 radical (unpaired) electrons. The number of nitrogens with zero attached hydrogens (tertiary/aromatic N) is 1. The van der Waals surface area contributed by atoms with Gasteiger partial charge in [0.25, 0.3) is 0 Å². The molecule has 0 spiro atoms. The van der Waals surface area contributed by atoms with Crippen LogP contribution in [0.3, 0.4) is 0 Å². The number of hydrogen-bond donors (Lipinski definition) is 1. The third-order valence-electron chi connectivity index (χ3n) is 5.03. The van der Waals surface area contributed by atoms with Crippen molar-refractivity contribution < 1.29 is 0 Å². The Morgan fingerprint density at radius 2 is 1.95 bits per heavy atom. The lowest BCUT2D eigenvalue weighted by Crippen LogP contribution is -2.58. The third kappa shape index (κ3) is 4.82. The second-order valence-electron chi connectivity index (χ2n) is 6.94. The van der Waals surface area contributed by atoms with Crippen molar-refractivity contribution in [1.29, 1.82) is 0 Å². The van der Waals surface area contributed by atoms with Gasteiger partial charge >= 0.3 is 0 Å². The standard InChI is InChI=1S/C19H32N2/c1-5-15(2)11-16(3)21-14-19(20-13-17(21)4)12-18-9-7-6-8-10-18/h6-10,15-17,19-20H,5,11-14H2,1-4H3. The number of piperazine rings is 1. The molecule has 0 aliphatic carbocycles. The molecule has 118 valence electrons. The van der Waals surface area contributed by atoms with Gasteiger partial charge < -0.3 is 5.32 Å². The summed E-state index contributed by atoms with van der Waals surface area (Å²) in [5.74, 6) is 0.828. The van der Waals surface area contributed by atoms with Crippen LogP contribution in [0.15, 0.2) is 30.3 Å². The molecule has 1 aliphatic heterocycles. The molecule has 0 saturated carbocycles. The summed E-state index contributed by atoms with van der Waals surface area (Å²) >= 11 is 0. The van der Waals surface area contributed by atoms with E-state index >= 15 is 0 Å². The normalized spacial score (nSPS) is 26.5.